The van der Waals surface area contributed by atoms with E-state index in [1.165, 1.54) is 6.20 Å². The fourth-order valence-electron chi connectivity index (χ4n) is 1.72. The number of hydrogen-bond donors (Lipinski definition) is 4. The summed E-state index contributed by atoms with van der Waals surface area (Å²) in [6.07, 6.45) is 1.50. The molecule has 0 saturated carbocycles. The van der Waals surface area contributed by atoms with Gasteiger partial charge in [-0.1, -0.05) is 46.2 Å². The van der Waals surface area contributed by atoms with E-state index < -0.39 is 10.5 Å². The first-order valence-electron chi connectivity index (χ1n) is 8.19. The zero-order valence-corrected chi connectivity index (χ0v) is 18.4. The summed E-state index contributed by atoms with van der Waals surface area (Å²) >= 11 is 3.23. The predicted octanol–water partition coefficient (Wildman–Crippen LogP) is 2.72. The lowest BCUT2D eigenvalue weighted by molar-refractivity contribution is 0.262. The maximum absolute atomic E-state index is 11.4. The van der Waals surface area contributed by atoms with Crippen LogP contribution in [0.1, 0.15) is 0 Å². The Morgan fingerprint density at radius 3 is 2.10 bits per heavy atom. The van der Waals surface area contributed by atoms with Gasteiger partial charge in [0.1, 0.15) is 5.00 Å². The second-order valence-electron chi connectivity index (χ2n) is 5.60. The predicted molar refractivity (Wildman–Crippen MR) is 121 cm³/mol. The molecule has 29 heavy (non-hydrogen) atoms. The van der Waals surface area contributed by atoms with Crippen molar-refractivity contribution in [2.75, 3.05) is 36.2 Å². The Balaban J connectivity index is 0.000000291. The molecule has 0 spiro atoms. The van der Waals surface area contributed by atoms with Gasteiger partial charge in [0.15, 0.2) is 0 Å². The van der Waals surface area contributed by atoms with E-state index >= 15 is 0 Å². The van der Waals surface area contributed by atoms with Crippen molar-refractivity contribution >= 4 is 62.3 Å². The highest BCUT2D eigenvalue weighted by Gasteiger charge is 2.14. The monoisotopic (exact) mass is 457 g/mol. The number of para-hydroxylation sites is 1. The number of rotatable bonds is 7. The summed E-state index contributed by atoms with van der Waals surface area (Å²) in [4.78, 5) is 34.4. The van der Waals surface area contributed by atoms with Crippen molar-refractivity contribution in [1.29, 1.82) is 0 Å². The number of primary amides is 2. The van der Waals surface area contributed by atoms with Crippen LogP contribution in [0.3, 0.4) is 0 Å². The summed E-state index contributed by atoms with van der Waals surface area (Å²) in [5, 5.41) is 8.71. The Kier molecular flexibility index (Phi) is 11.7. The van der Waals surface area contributed by atoms with E-state index in [0.717, 1.165) is 40.7 Å². The summed E-state index contributed by atoms with van der Waals surface area (Å²) in [6, 6.07) is 9.02. The highest BCUT2D eigenvalue weighted by Crippen LogP contribution is 2.12. The summed E-state index contributed by atoms with van der Waals surface area (Å²) in [7, 11) is 3.77. The molecule has 0 aliphatic rings. The quantitative estimate of drug-likeness (QED) is 0.494. The van der Waals surface area contributed by atoms with Crippen molar-refractivity contribution in [2.24, 2.45) is 11.5 Å². The molecule has 0 bridgehead atoms. The molecule has 1 aromatic carbocycles. The molecule has 0 atom stereocenters. The van der Waals surface area contributed by atoms with Gasteiger partial charge in [0, 0.05) is 34.8 Å². The Morgan fingerprint density at radius 1 is 1.07 bits per heavy atom. The van der Waals surface area contributed by atoms with Gasteiger partial charge >= 0.3 is 6.03 Å². The van der Waals surface area contributed by atoms with Gasteiger partial charge in [-0.25, -0.2) is 4.79 Å². The zero-order chi connectivity index (χ0) is 21.6. The smallest absolute Gasteiger partial charge is 0.324 e. The number of hydrogen-bond acceptors (Lipinski definition) is 9. The van der Waals surface area contributed by atoms with E-state index in [-0.39, 0.29) is 12.1 Å². The van der Waals surface area contributed by atoms with Crippen LogP contribution >= 0.6 is 35.1 Å². The molecule has 2 rings (SSSR count). The van der Waals surface area contributed by atoms with Crippen LogP contribution < -0.4 is 22.1 Å². The minimum Gasteiger partial charge on any atom is -0.361 e. The van der Waals surface area contributed by atoms with Crippen molar-refractivity contribution in [3.8, 4) is 0 Å². The topological polar surface area (TPSA) is 156 Å². The molecule has 10 nitrogen and oxygen atoms in total. The Hall–Kier alpha value is -2.35. The second-order valence-corrected chi connectivity index (χ2v) is 8.44. The normalized spacial score (nSPS) is 10.2. The molecule has 0 aliphatic heterocycles. The van der Waals surface area contributed by atoms with Crippen LogP contribution in [0.5, 0.6) is 0 Å². The fraction of sp³-hybridized carbons (Fsp3) is 0.312. The van der Waals surface area contributed by atoms with E-state index in [4.69, 9.17) is 11.5 Å². The third-order valence-corrected chi connectivity index (χ3v) is 5.45. The van der Waals surface area contributed by atoms with Crippen LogP contribution in [0.25, 0.3) is 0 Å². The largest absolute Gasteiger partial charge is 0.361 e. The van der Waals surface area contributed by atoms with E-state index in [9.17, 15) is 14.4 Å². The van der Waals surface area contributed by atoms with Crippen molar-refractivity contribution in [3.05, 3.63) is 36.5 Å². The Labute approximate surface area is 181 Å². The maximum atomic E-state index is 11.4. The zero-order valence-electron chi connectivity index (χ0n) is 15.9. The van der Waals surface area contributed by atoms with Crippen molar-refractivity contribution in [1.82, 2.24) is 14.5 Å². The van der Waals surface area contributed by atoms with E-state index in [2.05, 4.69) is 20.2 Å². The molecule has 13 heteroatoms. The van der Waals surface area contributed by atoms with Crippen molar-refractivity contribution in [3.63, 3.8) is 0 Å². The van der Waals surface area contributed by atoms with Crippen LogP contribution in [0, 0.1) is 0 Å². The van der Waals surface area contributed by atoms with Gasteiger partial charge in [-0.15, -0.1) is 5.10 Å². The lowest BCUT2D eigenvalue weighted by Gasteiger charge is -2.22. The second kappa shape index (κ2) is 13.8. The van der Waals surface area contributed by atoms with Gasteiger partial charge in [0.2, 0.25) is 0 Å². The maximum Gasteiger partial charge on any atom is 0.324 e. The minimum atomic E-state index is -0.402. The molecular formula is C16H23N7O3S3. The number of nitrogens with zero attached hydrogens (tertiary/aromatic N) is 3. The average molecular weight is 458 g/mol. The number of carbonyl (C=O) groups is 3. The third-order valence-electron chi connectivity index (χ3n) is 3.20. The van der Waals surface area contributed by atoms with Crippen LogP contribution in [0.2, 0.25) is 0 Å². The van der Waals surface area contributed by atoms with E-state index in [0.29, 0.717) is 16.5 Å². The number of benzene rings is 1. The summed E-state index contributed by atoms with van der Waals surface area (Å²) in [6.45, 7) is 0. The number of urea groups is 1. The molecule has 0 radical (unpaired) electrons. The number of aromatic nitrogens is 2. The number of carbonyl (C=O) groups excluding carboxylic acids is 3. The number of amides is 4. The van der Waals surface area contributed by atoms with Crippen molar-refractivity contribution in [2.45, 2.75) is 6.04 Å². The number of nitrogens with one attached hydrogen (secondary N) is 2. The van der Waals surface area contributed by atoms with Crippen LogP contribution in [-0.4, -0.2) is 62.6 Å². The van der Waals surface area contributed by atoms with Gasteiger partial charge in [-0.05, 0) is 26.2 Å². The molecular weight excluding hydrogens is 434 g/mol. The Morgan fingerprint density at radius 2 is 1.66 bits per heavy atom. The van der Waals surface area contributed by atoms with Gasteiger partial charge in [0.05, 0.1) is 6.20 Å². The lowest BCUT2D eigenvalue weighted by Crippen LogP contribution is -2.34. The highest BCUT2D eigenvalue weighted by molar-refractivity contribution is 8.14. The van der Waals surface area contributed by atoms with Gasteiger partial charge in [-0.3, -0.25) is 14.9 Å². The first kappa shape index (κ1) is 24.7. The molecule has 2 aromatic rings. The van der Waals surface area contributed by atoms with E-state index in [1.807, 2.05) is 49.3 Å². The fourth-order valence-corrected chi connectivity index (χ4v) is 3.83. The van der Waals surface area contributed by atoms with E-state index in [1.54, 1.807) is 0 Å². The molecule has 0 aliphatic carbocycles. The highest BCUT2D eigenvalue weighted by atomic mass is 32.2. The molecule has 0 fully saturated rings. The first-order valence-corrected chi connectivity index (χ1v) is 10.9. The van der Waals surface area contributed by atoms with Gasteiger partial charge in [0.25, 0.3) is 10.5 Å². The summed E-state index contributed by atoms with van der Waals surface area (Å²) < 4.78 is 3.63. The molecule has 158 valence electrons. The standard InChI is InChI=1S/C9H8N4OS.C7H15N3O2S2/c14-9(12-8-6-10-13-15-8)11-7-4-2-1-3-5-7;1-10(2)5(3-13-6(8)11)4-14-7(9)12/h1-6H,(H2,11,12,14);5H,3-4H2,1-2H3,(H2,8,11)(H2,9,12). The average Bonchev–Trinajstić information content (AvgIpc) is 3.15. The van der Waals surface area contributed by atoms with Crippen molar-refractivity contribution < 1.29 is 14.4 Å². The minimum absolute atomic E-state index is 0.116. The Bertz CT molecular complexity index is 742. The van der Waals surface area contributed by atoms with Gasteiger partial charge < -0.3 is 21.7 Å². The number of thioether (sulfide) groups is 2. The third kappa shape index (κ3) is 11.9. The van der Waals surface area contributed by atoms with Crippen LogP contribution in [0.4, 0.5) is 25.1 Å². The first-order chi connectivity index (χ1) is 13.8. The molecule has 1 heterocycles. The summed E-state index contributed by atoms with van der Waals surface area (Å²) in [5.41, 5.74) is 10.8. The molecule has 0 unspecified atom stereocenters. The summed E-state index contributed by atoms with van der Waals surface area (Å²) in [5.74, 6) is 1.14. The lowest BCUT2D eigenvalue weighted by atomic mass is 10.3. The molecule has 6 N–H and O–H groups in total. The number of anilines is 2. The SMILES string of the molecule is CN(C)C(CSC(N)=O)CSC(N)=O.O=C(Nc1ccccc1)Nc1cnns1. The molecule has 4 amide bonds. The van der Waals surface area contributed by atoms with Crippen LogP contribution in [0.15, 0.2) is 36.5 Å². The number of nitrogens with two attached hydrogens (primary N) is 2. The molecule has 1 aromatic heterocycles. The van der Waals surface area contributed by atoms with Crippen LogP contribution in [-0.2, 0) is 0 Å². The van der Waals surface area contributed by atoms with Gasteiger partial charge in [-0.2, -0.15) is 0 Å². The molecule has 0 saturated heterocycles.